The highest BCUT2D eigenvalue weighted by Crippen LogP contribution is 2.52. The van der Waals surface area contributed by atoms with Gasteiger partial charge in [-0.2, -0.15) is 0 Å². The Morgan fingerprint density at radius 2 is 1.89 bits per heavy atom. The molecule has 2 heterocycles. The number of anilines is 1. The lowest BCUT2D eigenvalue weighted by Gasteiger charge is -2.39. The predicted octanol–water partition coefficient (Wildman–Crippen LogP) is 4.36. The summed E-state index contributed by atoms with van der Waals surface area (Å²) in [5, 5.41) is 5.11. The van der Waals surface area contributed by atoms with Crippen LogP contribution in [0, 0.1) is 10.8 Å². The van der Waals surface area contributed by atoms with Gasteiger partial charge in [-0.25, -0.2) is 4.98 Å². The van der Waals surface area contributed by atoms with Gasteiger partial charge in [-0.3, -0.25) is 14.4 Å². The maximum absolute atomic E-state index is 13.2. The molecule has 0 spiro atoms. The molecule has 2 saturated carbocycles. The maximum atomic E-state index is 13.2. The number of rotatable bonds is 8. The molecule has 1 aromatic carbocycles. The second-order valence-electron chi connectivity index (χ2n) is 12.0. The number of carbonyl (C=O) groups excluding carboxylic acids is 3. The standard InChI is InChI=1S/C28H36N4O4S/c1-27(2)12-21-13-28(3,16-27)17-32(21)24(34)11-19-15-37-26(29-19)30-23(33)14-31(20-7-8-20)25(35)18-5-9-22(36-4)10-6-18/h5-6,9-10,15,20-21H,7-8,11-14,16-17H2,1-4H3,(H,29,30,33)/t21-,28+/m1/s1. The number of methoxy groups -OCH3 is 1. The van der Waals surface area contributed by atoms with Crippen LogP contribution in [0.15, 0.2) is 29.6 Å². The molecule has 1 aliphatic heterocycles. The van der Waals surface area contributed by atoms with Gasteiger partial charge in [0.25, 0.3) is 5.91 Å². The summed E-state index contributed by atoms with van der Waals surface area (Å²) in [6.45, 7) is 7.68. The van der Waals surface area contributed by atoms with E-state index in [1.165, 1.54) is 11.3 Å². The summed E-state index contributed by atoms with van der Waals surface area (Å²) in [6.07, 6.45) is 5.29. The van der Waals surface area contributed by atoms with Crippen molar-refractivity contribution in [2.45, 2.75) is 71.4 Å². The van der Waals surface area contributed by atoms with E-state index in [-0.39, 0.29) is 47.6 Å². The molecule has 198 valence electrons. The molecule has 2 aromatic rings. The van der Waals surface area contributed by atoms with Gasteiger partial charge in [-0.15, -0.1) is 11.3 Å². The van der Waals surface area contributed by atoms with Crippen LogP contribution in [0.25, 0.3) is 0 Å². The Hall–Kier alpha value is -2.94. The van der Waals surface area contributed by atoms with Gasteiger partial charge in [-0.1, -0.05) is 20.8 Å². The first kappa shape index (κ1) is 25.7. The molecule has 1 N–H and O–H groups in total. The first-order valence-electron chi connectivity index (χ1n) is 13.0. The average molecular weight is 525 g/mol. The summed E-state index contributed by atoms with van der Waals surface area (Å²) in [6, 6.07) is 7.30. The third-order valence-electron chi connectivity index (χ3n) is 7.77. The van der Waals surface area contributed by atoms with Crippen LogP contribution in [0.5, 0.6) is 5.75 Å². The summed E-state index contributed by atoms with van der Waals surface area (Å²) in [5.41, 5.74) is 1.65. The third-order valence-corrected chi connectivity index (χ3v) is 8.57. The van der Waals surface area contributed by atoms with Crippen molar-refractivity contribution < 1.29 is 19.1 Å². The highest BCUT2D eigenvalue weighted by Gasteiger charge is 2.50. The minimum Gasteiger partial charge on any atom is -0.497 e. The van der Waals surface area contributed by atoms with Gasteiger partial charge >= 0.3 is 0 Å². The van der Waals surface area contributed by atoms with Gasteiger partial charge in [0.1, 0.15) is 12.3 Å². The molecule has 1 aromatic heterocycles. The van der Waals surface area contributed by atoms with Crippen molar-refractivity contribution in [2.24, 2.45) is 10.8 Å². The smallest absolute Gasteiger partial charge is 0.254 e. The molecule has 2 bridgehead atoms. The zero-order valence-electron chi connectivity index (χ0n) is 22.1. The summed E-state index contributed by atoms with van der Waals surface area (Å²) in [5.74, 6) is 0.332. The number of hydrogen-bond acceptors (Lipinski definition) is 6. The Labute approximate surface area is 222 Å². The quantitative estimate of drug-likeness (QED) is 0.554. The van der Waals surface area contributed by atoms with Crippen LogP contribution in [0.2, 0.25) is 0 Å². The van der Waals surface area contributed by atoms with E-state index in [1.54, 1.807) is 36.3 Å². The number of aromatic nitrogens is 1. The fourth-order valence-corrected chi connectivity index (χ4v) is 7.15. The molecule has 2 atom stereocenters. The zero-order valence-corrected chi connectivity index (χ0v) is 22.9. The van der Waals surface area contributed by atoms with Crippen LogP contribution in [0.1, 0.15) is 68.9 Å². The normalized spacial score (nSPS) is 24.0. The molecule has 2 aliphatic carbocycles. The SMILES string of the molecule is COc1ccc(C(=O)N(CC(=O)Nc2nc(CC(=O)N3C[C@@]4(C)C[C@H]3CC(C)(C)C4)cs2)C2CC2)cc1. The monoisotopic (exact) mass is 524 g/mol. The predicted molar refractivity (Wildman–Crippen MR) is 143 cm³/mol. The molecule has 0 unspecified atom stereocenters. The fraction of sp³-hybridized carbons (Fsp3) is 0.571. The van der Waals surface area contributed by atoms with E-state index in [0.717, 1.165) is 38.6 Å². The first-order valence-corrected chi connectivity index (χ1v) is 13.9. The topological polar surface area (TPSA) is 91.8 Å². The number of hydrogen-bond donors (Lipinski definition) is 1. The van der Waals surface area contributed by atoms with Crippen molar-refractivity contribution in [1.82, 2.24) is 14.8 Å². The highest BCUT2D eigenvalue weighted by atomic mass is 32.1. The molecule has 8 nitrogen and oxygen atoms in total. The second kappa shape index (κ2) is 9.74. The van der Waals surface area contributed by atoms with Crippen molar-refractivity contribution in [3.63, 3.8) is 0 Å². The average Bonchev–Trinajstić information content (AvgIpc) is 3.53. The second-order valence-corrected chi connectivity index (χ2v) is 12.9. The first-order chi connectivity index (χ1) is 17.5. The van der Waals surface area contributed by atoms with E-state index in [9.17, 15) is 14.4 Å². The Balaban J connectivity index is 1.17. The number of nitrogens with zero attached hydrogens (tertiary/aromatic N) is 3. The van der Waals surface area contributed by atoms with Crippen LogP contribution in [-0.2, 0) is 16.0 Å². The minimum atomic E-state index is -0.288. The van der Waals surface area contributed by atoms with Gasteiger partial charge < -0.3 is 19.9 Å². The van der Waals surface area contributed by atoms with E-state index < -0.39 is 0 Å². The minimum absolute atomic E-state index is 0.0345. The van der Waals surface area contributed by atoms with Crippen molar-refractivity contribution in [1.29, 1.82) is 0 Å². The fourth-order valence-electron chi connectivity index (χ4n) is 6.42. The number of likely N-dealkylation sites (tertiary alicyclic amines) is 1. The van der Waals surface area contributed by atoms with Gasteiger partial charge in [0, 0.05) is 29.6 Å². The molecule has 37 heavy (non-hydrogen) atoms. The van der Waals surface area contributed by atoms with Crippen LogP contribution < -0.4 is 10.1 Å². The Morgan fingerprint density at radius 1 is 1.16 bits per heavy atom. The van der Waals surface area contributed by atoms with Gasteiger partial charge in [-0.05, 0) is 67.2 Å². The van der Waals surface area contributed by atoms with E-state index in [1.807, 2.05) is 5.38 Å². The Kier molecular flexibility index (Phi) is 6.77. The number of fused-ring (bicyclic) bond motifs is 2. The number of benzene rings is 1. The van der Waals surface area contributed by atoms with Crippen molar-refractivity contribution >= 4 is 34.2 Å². The van der Waals surface area contributed by atoms with Crippen LogP contribution >= 0.6 is 11.3 Å². The third kappa shape index (κ3) is 5.81. The summed E-state index contributed by atoms with van der Waals surface area (Å²) in [4.78, 5) is 47.2. The lowest BCUT2D eigenvalue weighted by atomic mass is 9.65. The van der Waals surface area contributed by atoms with Gasteiger partial charge in [0.15, 0.2) is 5.13 Å². The van der Waals surface area contributed by atoms with Crippen molar-refractivity contribution in [2.75, 3.05) is 25.5 Å². The Morgan fingerprint density at radius 3 is 2.57 bits per heavy atom. The molecule has 9 heteroatoms. The van der Waals surface area contributed by atoms with Crippen LogP contribution in [-0.4, -0.2) is 64.8 Å². The zero-order chi connectivity index (χ0) is 26.4. The van der Waals surface area contributed by atoms with E-state index >= 15 is 0 Å². The molecule has 5 rings (SSSR count). The lowest BCUT2D eigenvalue weighted by molar-refractivity contribution is -0.131. The number of thiazole rings is 1. The maximum Gasteiger partial charge on any atom is 0.254 e. The van der Waals surface area contributed by atoms with E-state index in [4.69, 9.17) is 4.74 Å². The molecule has 1 saturated heterocycles. The molecular weight excluding hydrogens is 488 g/mol. The number of nitrogens with one attached hydrogen (secondary N) is 1. The van der Waals surface area contributed by atoms with E-state index in [0.29, 0.717) is 28.2 Å². The highest BCUT2D eigenvalue weighted by molar-refractivity contribution is 7.13. The van der Waals surface area contributed by atoms with Crippen molar-refractivity contribution in [3.05, 3.63) is 40.9 Å². The Bertz CT molecular complexity index is 1190. The van der Waals surface area contributed by atoms with Crippen LogP contribution in [0.4, 0.5) is 5.13 Å². The summed E-state index contributed by atoms with van der Waals surface area (Å²) < 4.78 is 5.17. The molecule has 3 fully saturated rings. The van der Waals surface area contributed by atoms with Gasteiger partial charge in [0.05, 0.1) is 19.2 Å². The van der Waals surface area contributed by atoms with Crippen LogP contribution in [0.3, 0.4) is 0 Å². The van der Waals surface area contributed by atoms with E-state index in [2.05, 4.69) is 36.0 Å². The molecule has 0 radical (unpaired) electrons. The lowest BCUT2D eigenvalue weighted by Crippen LogP contribution is -2.39. The van der Waals surface area contributed by atoms with Crippen molar-refractivity contribution in [3.8, 4) is 5.75 Å². The number of carbonyl (C=O) groups is 3. The number of amides is 3. The molecular formula is C28H36N4O4S. The summed E-state index contributed by atoms with van der Waals surface area (Å²) >= 11 is 1.31. The summed E-state index contributed by atoms with van der Waals surface area (Å²) in [7, 11) is 1.58. The van der Waals surface area contributed by atoms with Gasteiger partial charge in [0.2, 0.25) is 11.8 Å². The molecule has 3 amide bonds. The number of ether oxygens (including phenoxy) is 1. The largest absolute Gasteiger partial charge is 0.497 e. The molecule has 3 aliphatic rings.